The minimum atomic E-state index is -0.293. The lowest BCUT2D eigenvalue weighted by Gasteiger charge is -2.11. The Hall–Kier alpha value is -1.36. The van der Waals surface area contributed by atoms with E-state index in [4.69, 9.17) is 4.74 Å². The Bertz CT molecular complexity index is 272. The molecule has 0 amide bonds. The molecule has 1 unspecified atom stereocenters. The molecule has 0 aliphatic rings. The van der Waals surface area contributed by atoms with Gasteiger partial charge in [0, 0.05) is 18.4 Å². The van der Waals surface area contributed by atoms with Crippen molar-refractivity contribution in [1.82, 2.24) is 15.5 Å². The number of rotatable bonds is 5. The molecule has 0 bridgehead atoms. The Morgan fingerprint density at radius 3 is 3.14 bits per heavy atom. The zero-order chi connectivity index (χ0) is 10.4. The van der Waals surface area contributed by atoms with E-state index in [-0.39, 0.29) is 12.0 Å². The lowest BCUT2D eigenvalue weighted by atomic mass is 10.3. The minimum Gasteiger partial charge on any atom is -0.465 e. The van der Waals surface area contributed by atoms with Gasteiger partial charge in [-0.25, -0.2) is 0 Å². The number of nitrogens with one attached hydrogen (secondary N) is 2. The average Bonchev–Trinajstić information content (AvgIpc) is 2.67. The molecule has 0 saturated carbocycles. The second kappa shape index (κ2) is 5.39. The molecule has 1 heterocycles. The Kier molecular flexibility index (Phi) is 4.12. The zero-order valence-electron chi connectivity index (χ0n) is 8.41. The van der Waals surface area contributed by atoms with Crippen molar-refractivity contribution in [2.24, 2.45) is 0 Å². The maximum absolute atomic E-state index is 11.2. The first-order valence-corrected chi connectivity index (χ1v) is 4.62. The van der Waals surface area contributed by atoms with Gasteiger partial charge in [-0.15, -0.1) is 0 Å². The summed E-state index contributed by atoms with van der Waals surface area (Å²) in [5, 5.41) is 9.62. The Morgan fingerprint density at radius 1 is 1.79 bits per heavy atom. The van der Waals surface area contributed by atoms with E-state index in [2.05, 4.69) is 15.5 Å². The number of hydrogen-bond donors (Lipinski definition) is 2. The molecule has 1 aromatic heterocycles. The summed E-state index contributed by atoms with van der Waals surface area (Å²) < 4.78 is 4.85. The van der Waals surface area contributed by atoms with Crippen molar-refractivity contribution in [3.05, 3.63) is 18.0 Å². The number of hydrogen-bond acceptors (Lipinski definition) is 4. The van der Waals surface area contributed by atoms with Gasteiger partial charge < -0.3 is 4.74 Å². The Balaban J connectivity index is 2.27. The highest BCUT2D eigenvalue weighted by Crippen LogP contribution is 1.93. The predicted octanol–water partition coefficient (Wildman–Crippen LogP) is 0.451. The van der Waals surface area contributed by atoms with Crippen LogP contribution in [0.3, 0.4) is 0 Å². The van der Waals surface area contributed by atoms with Crippen LogP contribution in [0, 0.1) is 0 Å². The van der Waals surface area contributed by atoms with E-state index in [1.165, 1.54) is 0 Å². The van der Waals surface area contributed by atoms with Crippen LogP contribution in [0.25, 0.3) is 0 Å². The van der Waals surface area contributed by atoms with E-state index in [0.29, 0.717) is 13.2 Å². The van der Waals surface area contributed by atoms with Crippen LogP contribution in [0.4, 0.5) is 0 Å². The highest BCUT2D eigenvalue weighted by Gasteiger charge is 2.12. The van der Waals surface area contributed by atoms with Crippen LogP contribution in [-0.2, 0) is 16.1 Å². The Labute approximate surface area is 82.8 Å². The fourth-order valence-electron chi connectivity index (χ4n) is 0.997. The first-order chi connectivity index (χ1) is 6.74. The summed E-state index contributed by atoms with van der Waals surface area (Å²) >= 11 is 0. The predicted molar refractivity (Wildman–Crippen MR) is 51.5 cm³/mol. The SMILES string of the molecule is CCOC(=O)C(C)NCc1ccn[nH]1. The van der Waals surface area contributed by atoms with Crippen LogP contribution >= 0.6 is 0 Å². The molecule has 78 valence electrons. The molecule has 0 spiro atoms. The second-order valence-electron chi connectivity index (χ2n) is 2.94. The van der Waals surface area contributed by atoms with Crippen LogP contribution in [0.15, 0.2) is 12.3 Å². The summed E-state index contributed by atoms with van der Waals surface area (Å²) in [7, 11) is 0. The topological polar surface area (TPSA) is 67.0 Å². The molecule has 0 saturated heterocycles. The molecule has 5 nitrogen and oxygen atoms in total. The molecule has 5 heteroatoms. The van der Waals surface area contributed by atoms with E-state index in [9.17, 15) is 4.79 Å². The maximum atomic E-state index is 11.2. The van der Waals surface area contributed by atoms with Gasteiger partial charge in [-0.05, 0) is 19.9 Å². The molecule has 1 atom stereocenters. The van der Waals surface area contributed by atoms with Gasteiger partial charge in [0.15, 0.2) is 0 Å². The van der Waals surface area contributed by atoms with Gasteiger partial charge >= 0.3 is 5.97 Å². The molecular weight excluding hydrogens is 182 g/mol. The highest BCUT2D eigenvalue weighted by atomic mass is 16.5. The monoisotopic (exact) mass is 197 g/mol. The molecule has 14 heavy (non-hydrogen) atoms. The summed E-state index contributed by atoms with van der Waals surface area (Å²) in [5.74, 6) is -0.230. The van der Waals surface area contributed by atoms with Crippen molar-refractivity contribution in [2.75, 3.05) is 6.61 Å². The molecule has 0 aliphatic carbocycles. The number of aromatic nitrogens is 2. The van der Waals surface area contributed by atoms with Gasteiger partial charge in [0.05, 0.1) is 6.61 Å². The average molecular weight is 197 g/mol. The van der Waals surface area contributed by atoms with Crippen molar-refractivity contribution in [2.45, 2.75) is 26.4 Å². The number of carbonyl (C=O) groups is 1. The normalized spacial score (nSPS) is 12.4. The third kappa shape index (κ3) is 3.18. The lowest BCUT2D eigenvalue weighted by molar-refractivity contribution is -0.145. The van der Waals surface area contributed by atoms with Gasteiger partial charge in [-0.3, -0.25) is 15.2 Å². The minimum absolute atomic E-state index is 0.230. The fraction of sp³-hybridized carbons (Fsp3) is 0.556. The molecular formula is C9H15N3O2. The number of aromatic amines is 1. The third-order valence-corrected chi connectivity index (χ3v) is 1.80. The van der Waals surface area contributed by atoms with Crippen molar-refractivity contribution in [3.8, 4) is 0 Å². The number of esters is 1. The molecule has 0 radical (unpaired) electrons. The van der Waals surface area contributed by atoms with Crippen LogP contribution in [0.1, 0.15) is 19.5 Å². The lowest BCUT2D eigenvalue weighted by Crippen LogP contribution is -2.34. The molecule has 2 N–H and O–H groups in total. The largest absolute Gasteiger partial charge is 0.465 e. The van der Waals surface area contributed by atoms with Crippen LogP contribution < -0.4 is 5.32 Å². The molecule has 1 aromatic rings. The Morgan fingerprint density at radius 2 is 2.57 bits per heavy atom. The smallest absolute Gasteiger partial charge is 0.322 e. The van der Waals surface area contributed by atoms with Gasteiger partial charge in [0.2, 0.25) is 0 Å². The van der Waals surface area contributed by atoms with Crippen molar-refractivity contribution in [1.29, 1.82) is 0 Å². The molecule has 0 aromatic carbocycles. The van der Waals surface area contributed by atoms with Crippen LogP contribution in [-0.4, -0.2) is 28.8 Å². The number of nitrogens with zero attached hydrogens (tertiary/aromatic N) is 1. The number of H-pyrrole nitrogens is 1. The van der Waals surface area contributed by atoms with Crippen molar-refractivity contribution >= 4 is 5.97 Å². The molecule has 0 fully saturated rings. The summed E-state index contributed by atoms with van der Waals surface area (Å²) in [4.78, 5) is 11.2. The van der Waals surface area contributed by atoms with Crippen molar-refractivity contribution < 1.29 is 9.53 Å². The fourth-order valence-corrected chi connectivity index (χ4v) is 0.997. The standard InChI is InChI=1S/C9H15N3O2/c1-3-14-9(13)7(2)10-6-8-4-5-11-12-8/h4-5,7,10H,3,6H2,1-2H3,(H,11,12). The molecule has 0 aliphatic heterocycles. The first kappa shape index (κ1) is 10.7. The maximum Gasteiger partial charge on any atom is 0.322 e. The number of ether oxygens (including phenoxy) is 1. The second-order valence-corrected chi connectivity index (χ2v) is 2.94. The molecule has 1 rings (SSSR count). The van der Waals surface area contributed by atoms with E-state index >= 15 is 0 Å². The van der Waals surface area contributed by atoms with E-state index < -0.39 is 0 Å². The van der Waals surface area contributed by atoms with Crippen LogP contribution in [0.5, 0.6) is 0 Å². The van der Waals surface area contributed by atoms with E-state index in [1.807, 2.05) is 6.07 Å². The van der Waals surface area contributed by atoms with E-state index in [1.54, 1.807) is 20.0 Å². The summed E-state index contributed by atoms with van der Waals surface area (Å²) in [6.45, 7) is 4.56. The van der Waals surface area contributed by atoms with Gasteiger partial charge in [-0.2, -0.15) is 5.10 Å². The summed E-state index contributed by atoms with van der Waals surface area (Å²) in [6.07, 6.45) is 1.67. The quantitative estimate of drug-likeness (QED) is 0.672. The van der Waals surface area contributed by atoms with Gasteiger partial charge in [-0.1, -0.05) is 0 Å². The van der Waals surface area contributed by atoms with Gasteiger partial charge in [0.25, 0.3) is 0 Å². The van der Waals surface area contributed by atoms with Crippen LogP contribution in [0.2, 0.25) is 0 Å². The summed E-state index contributed by atoms with van der Waals surface area (Å²) in [5.41, 5.74) is 0.946. The first-order valence-electron chi connectivity index (χ1n) is 4.62. The van der Waals surface area contributed by atoms with E-state index in [0.717, 1.165) is 5.69 Å². The number of carbonyl (C=O) groups excluding carboxylic acids is 1. The highest BCUT2D eigenvalue weighted by molar-refractivity contribution is 5.75. The third-order valence-electron chi connectivity index (χ3n) is 1.80. The van der Waals surface area contributed by atoms with Gasteiger partial charge in [0.1, 0.15) is 6.04 Å². The summed E-state index contributed by atoms with van der Waals surface area (Å²) in [6, 6.07) is 1.56. The van der Waals surface area contributed by atoms with Crippen molar-refractivity contribution in [3.63, 3.8) is 0 Å². The zero-order valence-corrected chi connectivity index (χ0v) is 8.41.